The number of benzene rings is 2. The second-order valence-electron chi connectivity index (χ2n) is 4.51. The topological polar surface area (TPSA) is 32.3 Å². The molecule has 0 aliphatic rings. The standard InChI is InChI=1S/C15H13ClF3NO/c16-12-2-1-3-13(18)11(12)7-20-8-15(21)10-5-4-9(17)6-14(10)19/h1-6,15,20-21H,7-8H2/t15-/m0/s1. The highest BCUT2D eigenvalue weighted by Crippen LogP contribution is 2.20. The van der Waals surface area contributed by atoms with Crippen LogP contribution in [0.1, 0.15) is 17.2 Å². The molecule has 0 radical (unpaired) electrons. The van der Waals surface area contributed by atoms with Crippen LogP contribution in [-0.2, 0) is 6.54 Å². The molecular formula is C15H13ClF3NO. The van der Waals surface area contributed by atoms with Gasteiger partial charge in [0.25, 0.3) is 0 Å². The summed E-state index contributed by atoms with van der Waals surface area (Å²) in [6.07, 6.45) is -1.17. The van der Waals surface area contributed by atoms with E-state index in [-0.39, 0.29) is 29.2 Å². The minimum Gasteiger partial charge on any atom is -0.387 e. The SMILES string of the molecule is O[C@@H](CNCc1c(F)cccc1Cl)c1ccc(F)cc1F. The van der Waals surface area contributed by atoms with Crippen molar-refractivity contribution in [3.63, 3.8) is 0 Å². The largest absolute Gasteiger partial charge is 0.387 e. The third-order valence-corrected chi connectivity index (χ3v) is 3.38. The fraction of sp³-hybridized carbons (Fsp3) is 0.200. The summed E-state index contributed by atoms with van der Waals surface area (Å²) < 4.78 is 39.8. The molecule has 2 nitrogen and oxygen atoms in total. The Hall–Kier alpha value is -1.56. The third kappa shape index (κ3) is 3.97. The molecule has 2 aromatic carbocycles. The van der Waals surface area contributed by atoms with Gasteiger partial charge in [-0.05, 0) is 18.2 Å². The quantitative estimate of drug-likeness (QED) is 0.884. The van der Waals surface area contributed by atoms with Crippen LogP contribution in [0, 0.1) is 17.5 Å². The maximum atomic E-state index is 13.5. The van der Waals surface area contributed by atoms with Crippen molar-refractivity contribution in [3.05, 3.63) is 70.0 Å². The Morgan fingerprint density at radius 2 is 1.86 bits per heavy atom. The van der Waals surface area contributed by atoms with E-state index in [9.17, 15) is 18.3 Å². The van der Waals surface area contributed by atoms with Gasteiger partial charge in [0.15, 0.2) is 0 Å². The second-order valence-corrected chi connectivity index (χ2v) is 4.92. The Bertz CT molecular complexity index is 616. The molecule has 1 atom stereocenters. The van der Waals surface area contributed by atoms with Crippen LogP contribution in [0.5, 0.6) is 0 Å². The molecule has 0 saturated heterocycles. The van der Waals surface area contributed by atoms with Gasteiger partial charge >= 0.3 is 0 Å². The highest BCUT2D eigenvalue weighted by atomic mass is 35.5. The van der Waals surface area contributed by atoms with Crippen LogP contribution in [0.15, 0.2) is 36.4 Å². The molecule has 0 saturated carbocycles. The summed E-state index contributed by atoms with van der Waals surface area (Å²) in [6, 6.07) is 7.26. The zero-order valence-electron chi connectivity index (χ0n) is 10.9. The molecule has 2 N–H and O–H groups in total. The first kappa shape index (κ1) is 15.8. The first-order valence-electron chi connectivity index (χ1n) is 6.25. The summed E-state index contributed by atoms with van der Waals surface area (Å²) in [7, 11) is 0. The number of rotatable bonds is 5. The Balaban J connectivity index is 1.97. The van der Waals surface area contributed by atoms with Crippen molar-refractivity contribution in [3.8, 4) is 0 Å². The van der Waals surface area contributed by atoms with Gasteiger partial charge in [0.1, 0.15) is 17.5 Å². The zero-order chi connectivity index (χ0) is 15.4. The first-order chi connectivity index (χ1) is 9.99. The fourth-order valence-corrected chi connectivity index (χ4v) is 2.15. The number of hydrogen-bond acceptors (Lipinski definition) is 2. The second kappa shape index (κ2) is 6.93. The fourth-order valence-electron chi connectivity index (χ4n) is 1.92. The van der Waals surface area contributed by atoms with E-state index >= 15 is 0 Å². The zero-order valence-corrected chi connectivity index (χ0v) is 11.7. The van der Waals surface area contributed by atoms with Crippen molar-refractivity contribution in [2.24, 2.45) is 0 Å². The van der Waals surface area contributed by atoms with Crippen LogP contribution in [-0.4, -0.2) is 11.7 Å². The van der Waals surface area contributed by atoms with E-state index in [1.165, 1.54) is 18.2 Å². The van der Waals surface area contributed by atoms with Gasteiger partial charge in [-0.2, -0.15) is 0 Å². The highest BCUT2D eigenvalue weighted by Gasteiger charge is 2.14. The summed E-state index contributed by atoms with van der Waals surface area (Å²) >= 11 is 5.86. The van der Waals surface area contributed by atoms with Crippen LogP contribution < -0.4 is 5.32 Å². The summed E-state index contributed by atoms with van der Waals surface area (Å²) in [5.41, 5.74) is 0.245. The Morgan fingerprint density at radius 3 is 2.52 bits per heavy atom. The Morgan fingerprint density at radius 1 is 1.10 bits per heavy atom. The van der Waals surface area contributed by atoms with Gasteiger partial charge in [-0.25, -0.2) is 13.2 Å². The summed E-state index contributed by atoms with van der Waals surface area (Å²) in [5, 5.41) is 12.9. The molecule has 0 amide bonds. The lowest BCUT2D eigenvalue weighted by Gasteiger charge is -2.14. The summed E-state index contributed by atoms with van der Waals surface area (Å²) in [6.45, 7) is 0.0681. The molecule has 0 spiro atoms. The number of aliphatic hydroxyl groups is 1. The van der Waals surface area contributed by atoms with E-state index in [1.54, 1.807) is 6.07 Å². The number of hydrogen-bond donors (Lipinski definition) is 2. The molecule has 0 fully saturated rings. The average Bonchev–Trinajstić information content (AvgIpc) is 2.42. The molecule has 0 heterocycles. The van der Waals surface area contributed by atoms with E-state index in [1.807, 2.05) is 0 Å². The summed E-state index contributed by atoms with van der Waals surface area (Å²) in [5.74, 6) is -2.00. The van der Waals surface area contributed by atoms with E-state index in [0.717, 1.165) is 6.07 Å². The molecule has 0 bridgehead atoms. The number of aliphatic hydroxyl groups excluding tert-OH is 1. The minimum atomic E-state index is -1.17. The molecule has 112 valence electrons. The third-order valence-electron chi connectivity index (χ3n) is 3.02. The average molecular weight is 316 g/mol. The molecular weight excluding hydrogens is 303 g/mol. The minimum absolute atomic E-state index is 0.0206. The maximum absolute atomic E-state index is 13.5. The Kier molecular flexibility index (Phi) is 5.22. The predicted molar refractivity (Wildman–Crippen MR) is 74.4 cm³/mol. The summed E-state index contributed by atoms with van der Waals surface area (Å²) in [4.78, 5) is 0. The monoisotopic (exact) mass is 315 g/mol. The van der Waals surface area contributed by atoms with Crippen LogP contribution in [0.25, 0.3) is 0 Å². The molecule has 2 rings (SSSR count). The Labute approximate surface area is 125 Å². The van der Waals surface area contributed by atoms with Crippen LogP contribution in [0.2, 0.25) is 5.02 Å². The van der Waals surface area contributed by atoms with Crippen molar-refractivity contribution in [2.75, 3.05) is 6.54 Å². The van der Waals surface area contributed by atoms with Gasteiger partial charge in [0, 0.05) is 35.3 Å². The van der Waals surface area contributed by atoms with Gasteiger partial charge < -0.3 is 10.4 Å². The van der Waals surface area contributed by atoms with Crippen molar-refractivity contribution in [1.29, 1.82) is 0 Å². The lowest BCUT2D eigenvalue weighted by Crippen LogP contribution is -2.22. The van der Waals surface area contributed by atoms with Crippen molar-refractivity contribution < 1.29 is 18.3 Å². The van der Waals surface area contributed by atoms with E-state index in [2.05, 4.69) is 5.32 Å². The molecule has 2 aromatic rings. The first-order valence-corrected chi connectivity index (χ1v) is 6.63. The van der Waals surface area contributed by atoms with E-state index < -0.39 is 23.6 Å². The maximum Gasteiger partial charge on any atom is 0.131 e. The van der Waals surface area contributed by atoms with Gasteiger partial charge in [0.05, 0.1) is 6.10 Å². The normalized spacial score (nSPS) is 12.4. The smallest absolute Gasteiger partial charge is 0.131 e. The van der Waals surface area contributed by atoms with E-state index in [4.69, 9.17) is 11.6 Å². The van der Waals surface area contributed by atoms with Crippen molar-refractivity contribution >= 4 is 11.6 Å². The number of nitrogens with one attached hydrogen (secondary N) is 1. The molecule has 0 aliphatic carbocycles. The lowest BCUT2D eigenvalue weighted by atomic mass is 10.1. The van der Waals surface area contributed by atoms with Crippen LogP contribution >= 0.6 is 11.6 Å². The van der Waals surface area contributed by atoms with Gasteiger partial charge in [-0.1, -0.05) is 23.7 Å². The van der Waals surface area contributed by atoms with Gasteiger partial charge in [-0.3, -0.25) is 0 Å². The van der Waals surface area contributed by atoms with Crippen LogP contribution in [0.4, 0.5) is 13.2 Å². The molecule has 0 aromatic heterocycles. The molecule has 0 aliphatic heterocycles. The van der Waals surface area contributed by atoms with Crippen molar-refractivity contribution in [2.45, 2.75) is 12.6 Å². The molecule has 21 heavy (non-hydrogen) atoms. The highest BCUT2D eigenvalue weighted by molar-refractivity contribution is 6.31. The van der Waals surface area contributed by atoms with Gasteiger partial charge in [-0.15, -0.1) is 0 Å². The molecule has 6 heteroatoms. The number of halogens is 4. The van der Waals surface area contributed by atoms with E-state index in [0.29, 0.717) is 6.07 Å². The van der Waals surface area contributed by atoms with Crippen molar-refractivity contribution in [1.82, 2.24) is 5.32 Å². The predicted octanol–water partition coefficient (Wildman–Crippen LogP) is 3.58. The van der Waals surface area contributed by atoms with Crippen LogP contribution in [0.3, 0.4) is 0 Å². The lowest BCUT2D eigenvalue weighted by molar-refractivity contribution is 0.169. The van der Waals surface area contributed by atoms with Gasteiger partial charge in [0.2, 0.25) is 0 Å². The molecule has 0 unspecified atom stereocenters.